The first-order valence-corrected chi connectivity index (χ1v) is 7.75. The summed E-state index contributed by atoms with van der Waals surface area (Å²) in [6, 6.07) is 5.88. The second-order valence-corrected chi connectivity index (χ2v) is 6.00. The maximum absolute atomic E-state index is 12.2. The van der Waals surface area contributed by atoms with Gasteiger partial charge in [-0.2, -0.15) is 0 Å². The van der Waals surface area contributed by atoms with Crippen molar-refractivity contribution in [1.82, 2.24) is 10.6 Å². The molecule has 0 spiro atoms. The van der Waals surface area contributed by atoms with Crippen LogP contribution in [-0.4, -0.2) is 26.1 Å². The van der Waals surface area contributed by atoms with Gasteiger partial charge >= 0.3 is 0 Å². The van der Waals surface area contributed by atoms with Gasteiger partial charge in [-0.05, 0) is 66.5 Å². The van der Waals surface area contributed by atoms with Gasteiger partial charge in [0.1, 0.15) is 5.75 Å². The fraction of sp³-hybridized carbons (Fsp3) is 0.533. The number of carbonyl (C=O) groups excluding carboxylic acids is 1. The number of halogens is 2. The average molecular weight is 378 g/mol. The molecule has 1 aliphatic rings. The highest BCUT2D eigenvalue weighted by Gasteiger charge is 2.22. The van der Waals surface area contributed by atoms with Crippen LogP contribution in [0, 0.1) is 5.92 Å². The summed E-state index contributed by atoms with van der Waals surface area (Å²) in [6.07, 6.45) is 1.84. The minimum atomic E-state index is -0.000378. The molecule has 2 N–H and O–H groups in total. The fourth-order valence-electron chi connectivity index (χ4n) is 2.45. The maximum Gasteiger partial charge on any atom is 0.223 e. The van der Waals surface area contributed by atoms with E-state index in [1.165, 1.54) is 0 Å². The number of rotatable bonds is 4. The topological polar surface area (TPSA) is 50.4 Å². The molecule has 0 bridgehead atoms. The predicted octanol–water partition coefficient (Wildman–Crippen LogP) is 3.06. The lowest BCUT2D eigenvalue weighted by atomic mass is 9.96. The van der Waals surface area contributed by atoms with Gasteiger partial charge in [0.05, 0.1) is 17.6 Å². The first-order chi connectivity index (χ1) is 9.61. The summed E-state index contributed by atoms with van der Waals surface area (Å²) in [6.45, 7) is 3.87. The zero-order valence-corrected chi connectivity index (χ0v) is 14.7. The first-order valence-electron chi connectivity index (χ1n) is 6.96. The number of hydrogen-bond acceptors (Lipinski definition) is 3. The molecule has 1 saturated heterocycles. The number of hydrogen-bond donors (Lipinski definition) is 2. The molecule has 0 saturated carbocycles. The SMILES string of the molecule is COc1ccc(C(C)NC(=O)C2CCNCC2)cc1Br.Cl. The van der Waals surface area contributed by atoms with Crippen LogP contribution in [0.1, 0.15) is 31.4 Å². The van der Waals surface area contributed by atoms with E-state index in [0.29, 0.717) is 0 Å². The highest BCUT2D eigenvalue weighted by atomic mass is 79.9. The molecule has 0 radical (unpaired) electrons. The van der Waals surface area contributed by atoms with Gasteiger partial charge in [-0.25, -0.2) is 0 Å². The van der Waals surface area contributed by atoms with Gasteiger partial charge in [-0.15, -0.1) is 12.4 Å². The molecule has 1 aromatic rings. The molecule has 1 amide bonds. The summed E-state index contributed by atoms with van der Waals surface area (Å²) in [5, 5.41) is 6.38. The molecule has 1 fully saturated rings. The van der Waals surface area contributed by atoms with E-state index in [4.69, 9.17) is 4.74 Å². The Bertz CT molecular complexity index is 479. The van der Waals surface area contributed by atoms with Gasteiger partial charge in [0.25, 0.3) is 0 Å². The molecule has 1 aliphatic heterocycles. The average Bonchev–Trinajstić information content (AvgIpc) is 2.48. The third-order valence-electron chi connectivity index (χ3n) is 3.74. The Balaban J connectivity index is 0.00000220. The van der Waals surface area contributed by atoms with E-state index in [-0.39, 0.29) is 30.3 Å². The molecular formula is C15H22BrClN2O2. The Morgan fingerprint density at radius 1 is 1.43 bits per heavy atom. The van der Waals surface area contributed by atoms with E-state index >= 15 is 0 Å². The summed E-state index contributed by atoms with van der Waals surface area (Å²) in [7, 11) is 1.64. The van der Waals surface area contributed by atoms with Crippen molar-refractivity contribution in [2.24, 2.45) is 5.92 Å². The van der Waals surface area contributed by atoms with Crippen molar-refractivity contribution in [2.75, 3.05) is 20.2 Å². The van der Waals surface area contributed by atoms with Crippen LogP contribution in [0.4, 0.5) is 0 Å². The molecule has 1 heterocycles. The van der Waals surface area contributed by atoms with E-state index in [1.807, 2.05) is 25.1 Å². The van der Waals surface area contributed by atoms with E-state index in [9.17, 15) is 4.79 Å². The normalized spacial score (nSPS) is 16.7. The molecule has 0 aromatic heterocycles. The van der Waals surface area contributed by atoms with Crippen LogP contribution in [0.15, 0.2) is 22.7 Å². The largest absolute Gasteiger partial charge is 0.496 e. The fourth-order valence-corrected chi connectivity index (χ4v) is 3.01. The summed E-state index contributed by atoms with van der Waals surface area (Å²) < 4.78 is 6.12. The molecule has 1 aromatic carbocycles. The van der Waals surface area contributed by atoms with Gasteiger partial charge in [0, 0.05) is 5.92 Å². The van der Waals surface area contributed by atoms with Gasteiger partial charge in [-0.1, -0.05) is 6.07 Å². The van der Waals surface area contributed by atoms with Crippen LogP contribution in [0.2, 0.25) is 0 Å². The molecule has 4 nitrogen and oxygen atoms in total. The lowest BCUT2D eigenvalue weighted by molar-refractivity contribution is -0.126. The Morgan fingerprint density at radius 3 is 2.67 bits per heavy atom. The second-order valence-electron chi connectivity index (χ2n) is 5.15. The summed E-state index contributed by atoms with van der Waals surface area (Å²) >= 11 is 3.47. The van der Waals surface area contributed by atoms with Crippen LogP contribution in [0.25, 0.3) is 0 Å². The Hall–Kier alpha value is -0.780. The van der Waals surface area contributed by atoms with Crippen LogP contribution in [0.5, 0.6) is 5.75 Å². The molecule has 21 heavy (non-hydrogen) atoms. The molecular weight excluding hydrogens is 356 g/mol. The maximum atomic E-state index is 12.2. The number of amides is 1. The van der Waals surface area contributed by atoms with E-state index in [0.717, 1.165) is 41.7 Å². The molecule has 1 atom stereocenters. The summed E-state index contributed by atoms with van der Waals surface area (Å²) in [5.41, 5.74) is 1.07. The molecule has 1 unspecified atom stereocenters. The van der Waals surface area contributed by atoms with Crippen LogP contribution in [0.3, 0.4) is 0 Å². The highest BCUT2D eigenvalue weighted by Crippen LogP contribution is 2.28. The summed E-state index contributed by atoms with van der Waals surface area (Å²) in [5.74, 6) is 1.09. The van der Waals surface area contributed by atoms with Gasteiger partial charge in [0.15, 0.2) is 0 Å². The third kappa shape index (κ3) is 4.87. The van der Waals surface area contributed by atoms with Gasteiger partial charge in [-0.3, -0.25) is 4.79 Å². The number of piperidine rings is 1. The third-order valence-corrected chi connectivity index (χ3v) is 4.36. The van der Waals surface area contributed by atoms with Crippen LogP contribution >= 0.6 is 28.3 Å². The van der Waals surface area contributed by atoms with Crippen molar-refractivity contribution >= 4 is 34.2 Å². The highest BCUT2D eigenvalue weighted by molar-refractivity contribution is 9.10. The second kappa shape index (κ2) is 8.61. The monoisotopic (exact) mass is 376 g/mol. The van der Waals surface area contributed by atoms with Crippen molar-refractivity contribution in [3.63, 3.8) is 0 Å². The molecule has 118 valence electrons. The quantitative estimate of drug-likeness (QED) is 0.848. The van der Waals surface area contributed by atoms with Crippen molar-refractivity contribution in [3.8, 4) is 5.75 Å². The Labute approximate surface area is 140 Å². The number of ether oxygens (including phenoxy) is 1. The lowest BCUT2D eigenvalue weighted by Gasteiger charge is -2.24. The zero-order valence-electron chi connectivity index (χ0n) is 12.3. The standard InChI is InChI=1S/C15H21BrN2O2.ClH/c1-10(12-3-4-14(20-2)13(16)9-12)18-15(19)11-5-7-17-8-6-11;/h3-4,9-11,17H,5-8H2,1-2H3,(H,18,19);1H. The first kappa shape index (κ1) is 18.3. The molecule has 2 rings (SSSR count). The van der Waals surface area contributed by atoms with E-state index in [1.54, 1.807) is 7.11 Å². The van der Waals surface area contributed by atoms with Gasteiger partial charge in [0.2, 0.25) is 5.91 Å². The van der Waals surface area contributed by atoms with E-state index < -0.39 is 0 Å². The van der Waals surface area contributed by atoms with Crippen molar-refractivity contribution in [2.45, 2.75) is 25.8 Å². The van der Waals surface area contributed by atoms with E-state index in [2.05, 4.69) is 26.6 Å². The van der Waals surface area contributed by atoms with Crippen molar-refractivity contribution in [3.05, 3.63) is 28.2 Å². The smallest absolute Gasteiger partial charge is 0.223 e. The lowest BCUT2D eigenvalue weighted by Crippen LogP contribution is -2.39. The van der Waals surface area contributed by atoms with Crippen molar-refractivity contribution < 1.29 is 9.53 Å². The minimum absolute atomic E-state index is 0. The number of carbonyl (C=O) groups is 1. The number of nitrogens with one attached hydrogen (secondary N) is 2. The summed E-state index contributed by atoms with van der Waals surface area (Å²) in [4.78, 5) is 12.2. The van der Waals surface area contributed by atoms with Gasteiger partial charge < -0.3 is 15.4 Å². The Kier molecular flexibility index (Phi) is 7.49. The number of benzene rings is 1. The number of methoxy groups -OCH3 is 1. The zero-order chi connectivity index (χ0) is 14.5. The molecule has 6 heteroatoms. The predicted molar refractivity (Wildman–Crippen MR) is 90.1 cm³/mol. The van der Waals surface area contributed by atoms with Crippen molar-refractivity contribution in [1.29, 1.82) is 0 Å². The van der Waals surface area contributed by atoms with Crippen LogP contribution in [-0.2, 0) is 4.79 Å². The Morgan fingerprint density at radius 2 is 2.10 bits per heavy atom. The minimum Gasteiger partial charge on any atom is -0.496 e. The molecule has 0 aliphatic carbocycles. The van der Waals surface area contributed by atoms with Crippen LogP contribution < -0.4 is 15.4 Å².